The summed E-state index contributed by atoms with van der Waals surface area (Å²) in [5.41, 5.74) is 0.859. The van der Waals surface area contributed by atoms with Crippen LogP contribution >= 0.6 is 0 Å². The highest BCUT2D eigenvalue weighted by molar-refractivity contribution is 7.92. The zero-order valence-corrected chi connectivity index (χ0v) is 24.6. The van der Waals surface area contributed by atoms with Crippen molar-refractivity contribution < 1.29 is 22.7 Å². The van der Waals surface area contributed by atoms with Crippen LogP contribution in [0.4, 0.5) is 5.69 Å². The van der Waals surface area contributed by atoms with Gasteiger partial charge in [0.2, 0.25) is 11.8 Å². The van der Waals surface area contributed by atoms with Crippen LogP contribution < -0.4 is 14.4 Å². The van der Waals surface area contributed by atoms with Gasteiger partial charge in [0.05, 0.1) is 17.2 Å². The molecule has 214 valence electrons. The number of amides is 2. The maximum atomic E-state index is 13.9. The number of sulfonamides is 1. The number of anilines is 1. The Bertz CT molecular complexity index is 1360. The Hall–Kier alpha value is -3.85. The summed E-state index contributed by atoms with van der Waals surface area (Å²) >= 11 is 0. The molecule has 0 saturated heterocycles. The van der Waals surface area contributed by atoms with Crippen LogP contribution in [0.2, 0.25) is 0 Å². The van der Waals surface area contributed by atoms with Crippen molar-refractivity contribution in [3.8, 4) is 5.75 Å². The molecule has 2 amide bonds. The third-order valence-electron chi connectivity index (χ3n) is 6.20. The predicted molar refractivity (Wildman–Crippen MR) is 158 cm³/mol. The predicted octanol–water partition coefficient (Wildman–Crippen LogP) is 4.66. The Balaban J connectivity index is 1.95. The Morgan fingerprint density at radius 3 is 2.02 bits per heavy atom. The summed E-state index contributed by atoms with van der Waals surface area (Å²) in [4.78, 5) is 28.5. The fourth-order valence-electron chi connectivity index (χ4n) is 4.17. The van der Waals surface area contributed by atoms with E-state index in [2.05, 4.69) is 5.32 Å². The number of carbonyl (C=O) groups excluding carboxylic acids is 2. The van der Waals surface area contributed by atoms with Gasteiger partial charge in [0.25, 0.3) is 10.0 Å². The Morgan fingerprint density at radius 2 is 1.48 bits per heavy atom. The number of para-hydroxylation sites is 1. The van der Waals surface area contributed by atoms with Crippen LogP contribution in [-0.2, 0) is 26.0 Å². The van der Waals surface area contributed by atoms with E-state index in [0.717, 1.165) is 9.87 Å². The zero-order chi connectivity index (χ0) is 29.3. The highest BCUT2D eigenvalue weighted by atomic mass is 32.2. The molecule has 3 aromatic rings. The maximum Gasteiger partial charge on any atom is 0.264 e. The molecule has 0 heterocycles. The number of nitrogens with one attached hydrogen (secondary N) is 1. The molecule has 0 unspecified atom stereocenters. The molecule has 1 N–H and O–H groups in total. The van der Waals surface area contributed by atoms with Crippen LogP contribution in [0.25, 0.3) is 0 Å². The van der Waals surface area contributed by atoms with Crippen molar-refractivity contribution in [1.82, 2.24) is 10.2 Å². The van der Waals surface area contributed by atoms with Gasteiger partial charge in [-0.3, -0.25) is 13.9 Å². The molecule has 0 spiro atoms. The second-order valence-electron chi connectivity index (χ2n) is 10.5. The molecule has 0 fully saturated rings. The van der Waals surface area contributed by atoms with Gasteiger partial charge >= 0.3 is 0 Å². The highest BCUT2D eigenvalue weighted by Crippen LogP contribution is 2.25. The van der Waals surface area contributed by atoms with Crippen molar-refractivity contribution in [2.24, 2.45) is 0 Å². The fourth-order valence-corrected chi connectivity index (χ4v) is 5.58. The standard InChI is InChI=1S/C31H39N3O5S/c1-6-39-27-17-19-28(20-18-27)40(37,38)34(26-15-11-8-12-16-26)23-29(35)33(22-21-25-13-9-7-10-14-25)24(2)30(36)32-31(3,4)5/h7-20,24H,6,21-23H2,1-5H3,(H,32,36)/t24-/m0/s1. The first-order valence-electron chi connectivity index (χ1n) is 13.4. The van der Waals surface area contributed by atoms with Gasteiger partial charge in [-0.2, -0.15) is 0 Å². The second kappa shape index (κ2) is 13.5. The van der Waals surface area contributed by atoms with Crippen LogP contribution in [0.3, 0.4) is 0 Å². The van der Waals surface area contributed by atoms with Crippen LogP contribution in [0, 0.1) is 0 Å². The van der Waals surface area contributed by atoms with E-state index in [1.165, 1.54) is 17.0 Å². The molecule has 1 atom stereocenters. The van der Waals surface area contributed by atoms with Crippen LogP contribution in [0.15, 0.2) is 89.8 Å². The number of hydrogen-bond acceptors (Lipinski definition) is 5. The number of nitrogens with zero attached hydrogens (tertiary/aromatic N) is 2. The van der Waals surface area contributed by atoms with Crippen LogP contribution in [-0.4, -0.2) is 56.4 Å². The summed E-state index contributed by atoms with van der Waals surface area (Å²) in [6.07, 6.45) is 0.511. The van der Waals surface area contributed by atoms with E-state index < -0.39 is 34.1 Å². The van der Waals surface area contributed by atoms with Gasteiger partial charge < -0.3 is 15.0 Å². The van der Waals surface area contributed by atoms with Crippen LogP contribution in [0.1, 0.15) is 40.2 Å². The Morgan fingerprint density at radius 1 is 0.900 bits per heavy atom. The van der Waals surface area contributed by atoms with Gasteiger partial charge in [0.1, 0.15) is 18.3 Å². The molecule has 3 aromatic carbocycles. The zero-order valence-electron chi connectivity index (χ0n) is 23.8. The third-order valence-corrected chi connectivity index (χ3v) is 7.98. The molecule has 9 heteroatoms. The van der Waals surface area contributed by atoms with E-state index in [1.54, 1.807) is 49.4 Å². The number of rotatable bonds is 12. The highest BCUT2D eigenvalue weighted by Gasteiger charge is 2.33. The minimum absolute atomic E-state index is 0.0296. The summed E-state index contributed by atoms with van der Waals surface area (Å²) in [5, 5.41) is 2.93. The van der Waals surface area contributed by atoms with Gasteiger partial charge in [0, 0.05) is 12.1 Å². The molecule has 0 aliphatic rings. The lowest BCUT2D eigenvalue weighted by Gasteiger charge is -2.33. The van der Waals surface area contributed by atoms with Crippen molar-refractivity contribution in [3.05, 3.63) is 90.5 Å². The first-order chi connectivity index (χ1) is 18.9. The first kappa shape index (κ1) is 30.7. The van der Waals surface area contributed by atoms with Gasteiger partial charge in [-0.1, -0.05) is 48.5 Å². The average molecular weight is 566 g/mol. The van der Waals surface area contributed by atoms with Crippen molar-refractivity contribution in [2.75, 3.05) is 24.0 Å². The van der Waals surface area contributed by atoms with E-state index in [-0.39, 0.29) is 17.3 Å². The lowest BCUT2D eigenvalue weighted by atomic mass is 10.1. The number of carbonyl (C=O) groups is 2. The molecular formula is C31H39N3O5S. The van der Waals surface area contributed by atoms with Crippen molar-refractivity contribution >= 4 is 27.5 Å². The van der Waals surface area contributed by atoms with Crippen molar-refractivity contribution in [1.29, 1.82) is 0 Å². The average Bonchev–Trinajstić information content (AvgIpc) is 2.92. The third kappa shape index (κ3) is 8.32. The molecular weight excluding hydrogens is 526 g/mol. The summed E-state index contributed by atoms with van der Waals surface area (Å²) in [7, 11) is -4.13. The summed E-state index contributed by atoms with van der Waals surface area (Å²) < 4.78 is 34.3. The van der Waals surface area contributed by atoms with E-state index in [9.17, 15) is 18.0 Å². The lowest BCUT2D eigenvalue weighted by molar-refractivity contribution is -0.139. The topological polar surface area (TPSA) is 96.0 Å². The summed E-state index contributed by atoms with van der Waals surface area (Å²) in [5.74, 6) is -0.241. The SMILES string of the molecule is CCOc1ccc(S(=O)(=O)N(CC(=O)N(CCc2ccccc2)[C@@H](C)C(=O)NC(C)(C)C)c2ccccc2)cc1. The fraction of sp³-hybridized carbons (Fsp3) is 0.355. The largest absolute Gasteiger partial charge is 0.494 e. The molecule has 3 rings (SSSR count). The number of hydrogen-bond donors (Lipinski definition) is 1. The van der Waals surface area contributed by atoms with Crippen molar-refractivity contribution in [2.45, 2.75) is 57.5 Å². The lowest BCUT2D eigenvalue weighted by Crippen LogP contribution is -2.55. The second-order valence-corrected chi connectivity index (χ2v) is 12.4. The van der Waals surface area contributed by atoms with Gasteiger partial charge in [-0.15, -0.1) is 0 Å². The minimum Gasteiger partial charge on any atom is -0.494 e. The molecule has 0 aliphatic carbocycles. The molecule has 0 radical (unpaired) electrons. The minimum atomic E-state index is -4.13. The van der Waals surface area contributed by atoms with Crippen molar-refractivity contribution in [3.63, 3.8) is 0 Å². The maximum absolute atomic E-state index is 13.9. The number of benzene rings is 3. The van der Waals surface area contributed by atoms with Gasteiger partial charge in [-0.05, 0) is 83.0 Å². The van der Waals surface area contributed by atoms with E-state index in [4.69, 9.17) is 4.74 Å². The van der Waals surface area contributed by atoms with E-state index in [0.29, 0.717) is 24.5 Å². The summed E-state index contributed by atoms with van der Waals surface area (Å²) in [6, 6.07) is 23.4. The number of ether oxygens (including phenoxy) is 1. The normalized spacial score (nSPS) is 12.3. The molecule has 40 heavy (non-hydrogen) atoms. The Labute approximate surface area is 238 Å². The molecule has 0 bridgehead atoms. The first-order valence-corrected chi connectivity index (χ1v) is 14.8. The molecule has 0 aliphatic heterocycles. The Kier molecular flexibility index (Phi) is 10.3. The van der Waals surface area contributed by atoms with Crippen LogP contribution in [0.5, 0.6) is 5.75 Å². The smallest absolute Gasteiger partial charge is 0.264 e. The molecule has 0 saturated carbocycles. The monoisotopic (exact) mass is 565 g/mol. The molecule has 0 aromatic heterocycles. The quantitative estimate of drug-likeness (QED) is 0.345. The van der Waals surface area contributed by atoms with Gasteiger partial charge in [0.15, 0.2) is 0 Å². The van der Waals surface area contributed by atoms with E-state index >= 15 is 0 Å². The van der Waals surface area contributed by atoms with E-state index in [1.807, 2.05) is 58.0 Å². The van der Waals surface area contributed by atoms with Gasteiger partial charge in [-0.25, -0.2) is 8.42 Å². The molecule has 8 nitrogen and oxygen atoms in total. The summed E-state index contributed by atoms with van der Waals surface area (Å²) in [6.45, 7) is 9.35.